The zero-order valence-corrected chi connectivity index (χ0v) is 8.95. The zero-order chi connectivity index (χ0) is 11.3. The first-order valence-electron chi connectivity index (χ1n) is 4.73. The predicted octanol–water partition coefficient (Wildman–Crippen LogP) is 1.12. The van der Waals surface area contributed by atoms with Crippen molar-refractivity contribution in [3.63, 3.8) is 0 Å². The number of amides is 1. The Morgan fingerprint density at radius 1 is 1.60 bits per heavy atom. The Labute approximate surface area is 89.2 Å². The van der Waals surface area contributed by atoms with Crippen molar-refractivity contribution in [3.05, 3.63) is 29.5 Å². The average molecular weight is 205 g/mol. The number of carbonyl (C=O) groups is 1. The van der Waals surface area contributed by atoms with Gasteiger partial charge in [0.2, 0.25) is 5.91 Å². The number of hydrogen-bond acceptors (Lipinski definition) is 3. The summed E-state index contributed by atoms with van der Waals surface area (Å²) in [5.41, 5.74) is 7.42. The zero-order valence-electron chi connectivity index (χ0n) is 8.95. The molecular weight excluding hydrogens is 190 g/mol. The molecule has 0 atom stereocenters. The van der Waals surface area contributed by atoms with E-state index in [9.17, 15) is 4.79 Å². The minimum atomic E-state index is -0.0354. The third-order valence-corrected chi connectivity index (χ3v) is 1.91. The number of nitrogens with two attached hydrogens (primary N) is 1. The summed E-state index contributed by atoms with van der Waals surface area (Å²) in [6.45, 7) is 3.91. The van der Waals surface area contributed by atoms with Crippen LogP contribution in [-0.2, 0) is 4.79 Å². The molecule has 4 nitrogen and oxygen atoms in total. The van der Waals surface area contributed by atoms with Crippen molar-refractivity contribution in [2.24, 2.45) is 0 Å². The summed E-state index contributed by atoms with van der Waals surface area (Å²) in [5, 5.41) is 2.68. The molecule has 0 fully saturated rings. The highest BCUT2D eigenvalue weighted by molar-refractivity contribution is 5.73. The Morgan fingerprint density at radius 2 is 2.33 bits per heavy atom. The fraction of sp³-hybridized carbons (Fsp3) is 0.273. The molecule has 0 saturated carbocycles. The monoisotopic (exact) mass is 205 g/mol. The predicted molar refractivity (Wildman–Crippen MR) is 61.1 cm³/mol. The van der Waals surface area contributed by atoms with Gasteiger partial charge in [0.05, 0.1) is 0 Å². The summed E-state index contributed by atoms with van der Waals surface area (Å²) in [5.74, 6) is 0.485. The molecule has 0 aliphatic carbocycles. The van der Waals surface area contributed by atoms with Gasteiger partial charge in [-0.15, -0.1) is 0 Å². The van der Waals surface area contributed by atoms with Gasteiger partial charge in [-0.2, -0.15) is 0 Å². The highest BCUT2D eigenvalue weighted by Gasteiger charge is 1.95. The standard InChI is InChI=1S/C11H15N3O/c1-8-10(5-6-11(12)14-8)4-3-7-13-9(2)15/h3-6H,7H2,1-2H3,(H2,12,14)(H,13,15). The maximum absolute atomic E-state index is 10.6. The van der Waals surface area contributed by atoms with Gasteiger partial charge in [-0.05, 0) is 24.6 Å². The van der Waals surface area contributed by atoms with E-state index in [1.807, 2.05) is 25.1 Å². The summed E-state index contributed by atoms with van der Waals surface area (Å²) < 4.78 is 0. The Hall–Kier alpha value is -1.84. The van der Waals surface area contributed by atoms with Gasteiger partial charge in [-0.1, -0.05) is 12.2 Å². The molecule has 1 aromatic rings. The Balaban J connectivity index is 2.60. The van der Waals surface area contributed by atoms with Crippen LogP contribution in [-0.4, -0.2) is 17.4 Å². The van der Waals surface area contributed by atoms with E-state index in [4.69, 9.17) is 5.73 Å². The van der Waals surface area contributed by atoms with Gasteiger partial charge in [0.25, 0.3) is 0 Å². The van der Waals surface area contributed by atoms with E-state index in [2.05, 4.69) is 10.3 Å². The molecule has 0 aromatic carbocycles. The van der Waals surface area contributed by atoms with Gasteiger partial charge in [0, 0.05) is 19.2 Å². The fourth-order valence-electron chi connectivity index (χ4n) is 1.16. The van der Waals surface area contributed by atoms with Crippen LogP contribution in [0.4, 0.5) is 5.82 Å². The summed E-state index contributed by atoms with van der Waals surface area (Å²) in [7, 11) is 0. The molecule has 1 rings (SSSR count). The van der Waals surface area contributed by atoms with Crippen LogP contribution < -0.4 is 11.1 Å². The first kappa shape index (κ1) is 11.2. The van der Waals surface area contributed by atoms with E-state index in [0.717, 1.165) is 11.3 Å². The second kappa shape index (κ2) is 5.14. The molecule has 0 radical (unpaired) electrons. The highest BCUT2D eigenvalue weighted by atomic mass is 16.1. The van der Waals surface area contributed by atoms with Crippen molar-refractivity contribution in [1.82, 2.24) is 10.3 Å². The minimum Gasteiger partial charge on any atom is -0.384 e. The molecule has 15 heavy (non-hydrogen) atoms. The van der Waals surface area contributed by atoms with Crippen molar-refractivity contribution in [1.29, 1.82) is 0 Å². The maximum Gasteiger partial charge on any atom is 0.217 e. The number of hydrogen-bond donors (Lipinski definition) is 2. The van der Waals surface area contributed by atoms with Crippen molar-refractivity contribution in [3.8, 4) is 0 Å². The highest BCUT2D eigenvalue weighted by Crippen LogP contribution is 2.09. The smallest absolute Gasteiger partial charge is 0.217 e. The van der Waals surface area contributed by atoms with E-state index < -0.39 is 0 Å². The number of rotatable bonds is 3. The normalized spacial score (nSPS) is 10.5. The molecule has 0 spiro atoms. The number of nitrogen functional groups attached to an aromatic ring is 1. The van der Waals surface area contributed by atoms with E-state index in [1.54, 1.807) is 6.07 Å². The molecule has 0 saturated heterocycles. The Kier molecular flexibility index (Phi) is 3.85. The Morgan fingerprint density at radius 3 is 2.93 bits per heavy atom. The first-order valence-corrected chi connectivity index (χ1v) is 4.73. The van der Waals surface area contributed by atoms with Crippen LogP contribution in [0.5, 0.6) is 0 Å². The SMILES string of the molecule is CC(=O)NCC=Cc1ccc(N)nc1C. The molecule has 0 unspecified atom stereocenters. The van der Waals surface area contributed by atoms with E-state index in [1.165, 1.54) is 6.92 Å². The molecule has 3 N–H and O–H groups in total. The topological polar surface area (TPSA) is 68.0 Å². The summed E-state index contributed by atoms with van der Waals surface area (Å²) in [6, 6.07) is 3.66. The minimum absolute atomic E-state index is 0.0354. The van der Waals surface area contributed by atoms with Gasteiger partial charge in [-0.25, -0.2) is 4.98 Å². The first-order chi connectivity index (χ1) is 7.09. The van der Waals surface area contributed by atoms with Crippen LogP contribution in [0.2, 0.25) is 0 Å². The fourth-order valence-corrected chi connectivity index (χ4v) is 1.16. The van der Waals surface area contributed by atoms with Gasteiger partial charge >= 0.3 is 0 Å². The second-order valence-electron chi connectivity index (χ2n) is 3.25. The molecule has 1 heterocycles. The van der Waals surface area contributed by atoms with Crippen LogP contribution in [0.15, 0.2) is 18.2 Å². The van der Waals surface area contributed by atoms with E-state index in [0.29, 0.717) is 12.4 Å². The van der Waals surface area contributed by atoms with Crippen molar-refractivity contribution in [2.75, 3.05) is 12.3 Å². The number of aromatic nitrogens is 1. The van der Waals surface area contributed by atoms with Crippen LogP contribution in [0.3, 0.4) is 0 Å². The van der Waals surface area contributed by atoms with Crippen LogP contribution in [0.1, 0.15) is 18.2 Å². The number of nitrogens with one attached hydrogen (secondary N) is 1. The second-order valence-corrected chi connectivity index (χ2v) is 3.25. The molecule has 80 valence electrons. The molecule has 0 bridgehead atoms. The third-order valence-electron chi connectivity index (χ3n) is 1.91. The average Bonchev–Trinajstić information content (AvgIpc) is 2.14. The molecule has 0 aliphatic rings. The summed E-state index contributed by atoms with van der Waals surface area (Å²) in [4.78, 5) is 14.7. The largest absolute Gasteiger partial charge is 0.384 e. The van der Waals surface area contributed by atoms with Gasteiger partial charge in [0.15, 0.2) is 0 Å². The number of nitrogens with zero attached hydrogens (tertiary/aromatic N) is 1. The van der Waals surface area contributed by atoms with Crippen LogP contribution >= 0.6 is 0 Å². The molecule has 4 heteroatoms. The molecule has 1 amide bonds. The number of anilines is 1. The van der Waals surface area contributed by atoms with Gasteiger partial charge < -0.3 is 11.1 Å². The summed E-state index contributed by atoms with van der Waals surface area (Å²) >= 11 is 0. The van der Waals surface area contributed by atoms with Crippen LogP contribution in [0.25, 0.3) is 6.08 Å². The lowest BCUT2D eigenvalue weighted by Crippen LogP contribution is -2.19. The van der Waals surface area contributed by atoms with E-state index in [-0.39, 0.29) is 5.91 Å². The molecular formula is C11H15N3O. The van der Waals surface area contributed by atoms with Gasteiger partial charge in [-0.3, -0.25) is 4.79 Å². The molecule has 1 aromatic heterocycles. The van der Waals surface area contributed by atoms with Crippen molar-refractivity contribution < 1.29 is 4.79 Å². The summed E-state index contributed by atoms with van der Waals surface area (Å²) in [6.07, 6.45) is 3.79. The lowest BCUT2D eigenvalue weighted by Gasteiger charge is -2.00. The lowest BCUT2D eigenvalue weighted by atomic mass is 10.2. The van der Waals surface area contributed by atoms with E-state index >= 15 is 0 Å². The van der Waals surface area contributed by atoms with Crippen molar-refractivity contribution >= 4 is 17.8 Å². The van der Waals surface area contributed by atoms with Crippen molar-refractivity contribution in [2.45, 2.75) is 13.8 Å². The number of carbonyl (C=O) groups excluding carboxylic acids is 1. The Bertz CT molecular complexity index is 385. The third kappa shape index (κ3) is 3.81. The van der Waals surface area contributed by atoms with Gasteiger partial charge in [0.1, 0.15) is 5.82 Å². The quantitative estimate of drug-likeness (QED) is 0.777. The maximum atomic E-state index is 10.6. The lowest BCUT2D eigenvalue weighted by molar-refractivity contribution is -0.118. The van der Waals surface area contributed by atoms with Crippen LogP contribution in [0, 0.1) is 6.92 Å². The number of pyridine rings is 1. The number of aryl methyl sites for hydroxylation is 1. The molecule has 0 aliphatic heterocycles.